The Bertz CT molecular complexity index is 1170. The Hall–Kier alpha value is -2.63. The van der Waals surface area contributed by atoms with Gasteiger partial charge in [-0.2, -0.15) is 0 Å². The third-order valence-electron chi connectivity index (χ3n) is 12.8. The standard InChI is InChI=1S/C61H110O6/c1-4-7-10-13-16-19-22-25-27-29-30-31-32-33-35-36-39-42-45-48-51-54-60(63)66-57-58(56-65-59(62)53-50-47-44-41-38-24-21-18-15-12-9-6-3)67-61(64)55-52-49-46-43-40-37-34-28-26-23-20-17-14-11-8-5-2/h18,21-22,25,29-30,32-33,58H,4-17,19-20,23-24,26-28,31,34-57H2,1-3H3/b21-18-,25-22-,30-29-,33-32-. The van der Waals surface area contributed by atoms with E-state index in [4.69, 9.17) is 14.2 Å². The Kier molecular flexibility index (Phi) is 53.8. The van der Waals surface area contributed by atoms with Crippen LogP contribution in [0.4, 0.5) is 0 Å². The van der Waals surface area contributed by atoms with Crippen LogP contribution in [0.5, 0.6) is 0 Å². The van der Waals surface area contributed by atoms with Gasteiger partial charge < -0.3 is 14.2 Å². The molecule has 0 aromatic heterocycles. The summed E-state index contributed by atoms with van der Waals surface area (Å²) in [6.07, 6.45) is 68.1. The van der Waals surface area contributed by atoms with Crippen molar-refractivity contribution in [3.63, 3.8) is 0 Å². The van der Waals surface area contributed by atoms with E-state index in [2.05, 4.69) is 69.4 Å². The minimum Gasteiger partial charge on any atom is -0.462 e. The largest absolute Gasteiger partial charge is 0.462 e. The molecule has 0 fully saturated rings. The van der Waals surface area contributed by atoms with Crippen molar-refractivity contribution in [2.24, 2.45) is 0 Å². The lowest BCUT2D eigenvalue weighted by molar-refractivity contribution is -0.167. The fraction of sp³-hybridized carbons (Fsp3) is 0.820. The number of ether oxygens (including phenoxy) is 3. The predicted octanol–water partition coefficient (Wildman–Crippen LogP) is 19.4. The molecule has 1 unspecified atom stereocenters. The van der Waals surface area contributed by atoms with E-state index in [0.717, 1.165) is 83.5 Å². The summed E-state index contributed by atoms with van der Waals surface area (Å²) in [7, 11) is 0. The molecule has 0 spiro atoms. The second-order valence-electron chi connectivity index (χ2n) is 19.6. The average Bonchev–Trinajstić information content (AvgIpc) is 3.33. The van der Waals surface area contributed by atoms with E-state index in [0.29, 0.717) is 19.3 Å². The summed E-state index contributed by atoms with van der Waals surface area (Å²) >= 11 is 0. The lowest BCUT2D eigenvalue weighted by Gasteiger charge is -2.18. The summed E-state index contributed by atoms with van der Waals surface area (Å²) in [5, 5.41) is 0. The first-order valence-electron chi connectivity index (χ1n) is 29.1. The van der Waals surface area contributed by atoms with Crippen LogP contribution in [0.2, 0.25) is 0 Å². The van der Waals surface area contributed by atoms with Gasteiger partial charge in [0.15, 0.2) is 6.10 Å². The van der Waals surface area contributed by atoms with Gasteiger partial charge in [-0.25, -0.2) is 0 Å². The van der Waals surface area contributed by atoms with Crippen LogP contribution >= 0.6 is 0 Å². The Labute approximate surface area is 416 Å². The lowest BCUT2D eigenvalue weighted by atomic mass is 10.0. The molecule has 0 N–H and O–H groups in total. The highest BCUT2D eigenvalue weighted by atomic mass is 16.6. The normalized spacial score (nSPS) is 12.3. The van der Waals surface area contributed by atoms with Gasteiger partial charge in [0.2, 0.25) is 0 Å². The number of carbonyl (C=O) groups is 3. The first kappa shape index (κ1) is 64.4. The van der Waals surface area contributed by atoms with Crippen molar-refractivity contribution in [2.45, 2.75) is 309 Å². The van der Waals surface area contributed by atoms with Gasteiger partial charge in [-0.05, 0) is 83.5 Å². The second kappa shape index (κ2) is 56.0. The van der Waals surface area contributed by atoms with Crippen LogP contribution in [-0.2, 0) is 28.6 Å². The summed E-state index contributed by atoms with van der Waals surface area (Å²) < 4.78 is 16.9. The third-order valence-corrected chi connectivity index (χ3v) is 12.8. The molecule has 0 amide bonds. The van der Waals surface area contributed by atoms with Gasteiger partial charge >= 0.3 is 17.9 Å². The SMILES string of the molecule is CCCCC/C=C\CCCCCCCC(=O)OCC(COC(=O)CCCCCCCC/C=C\C/C=C\C/C=C\CCCCCCC)OC(=O)CCCCCCCCCCCCCCCCCC. The number of carbonyl (C=O) groups excluding carboxylic acids is 3. The smallest absolute Gasteiger partial charge is 0.306 e. The molecular weight excluding hydrogens is 829 g/mol. The molecule has 0 aromatic carbocycles. The van der Waals surface area contributed by atoms with Crippen LogP contribution < -0.4 is 0 Å². The summed E-state index contributed by atoms with van der Waals surface area (Å²) in [5.74, 6) is -0.886. The van der Waals surface area contributed by atoms with Gasteiger partial charge in [-0.1, -0.05) is 249 Å². The first-order valence-corrected chi connectivity index (χ1v) is 29.1. The predicted molar refractivity (Wildman–Crippen MR) is 289 cm³/mol. The highest BCUT2D eigenvalue weighted by Gasteiger charge is 2.19. The maximum Gasteiger partial charge on any atom is 0.306 e. The molecule has 0 heterocycles. The van der Waals surface area contributed by atoms with Crippen molar-refractivity contribution < 1.29 is 28.6 Å². The molecule has 0 aliphatic rings. The van der Waals surface area contributed by atoms with Crippen molar-refractivity contribution >= 4 is 17.9 Å². The van der Waals surface area contributed by atoms with Crippen LogP contribution in [0.3, 0.4) is 0 Å². The van der Waals surface area contributed by atoms with Crippen molar-refractivity contribution in [3.8, 4) is 0 Å². The van der Waals surface area contributed by atoms with Gasteiger partial charge in [0.05, 0.1) is 0 Å². The van der Waals surface area contributed by atoms with E-state index in [1.807, 2.05) is 0 Å². The molecule has 0 saturated carbocycles. The van der Waals surface area contributed by atoms with Crippen LogP contribution in [0, 0.1) is 0 Å². The summed E-state index contributed by atoms with van der Waals surface area (Å²) in [5.41, 5.74) is 0. The van der Waals surface area contributed by atoms with E-state index in [1.165, 1.54) is 180 Å². The van der Waals surface area contributed by atoms with Crippen molar-refractivity contribution in [2.75, 3.05) is 13.2 Å². The monoisotopic (exact) mass is 939 g/mol. The number of rotatable bonds is 53. The van der Waals surface area contributed by atoms with Crippen LogP contribution in [-0.4, -0.2) is 37.2 Å². The van der Waals surface area contributed by atoms with Crippen LogP contribution in [0.25, 0.3) is 0 Å². The zero-order chi connectivity index (χ0) is 48.6. The molecule has 67 heavy (non-hydrogen) atoms. The zero-order valence-corrected chi connectivity index (χ0v) is 44.7. The molecule has 0 bridgehead atoms. The van der Waals surface area contributed by atoms with Gasteiger partial charge in [0, 0.05) is 19.3 Å². The molecule has 0 rings (SSSR count). The van der Waals surface area contributed by atoms with E-state index in [9.17, 15) is 14.4 Å². The molecule has 0 saturated heterocycles. The fourth-order valence-electron chi connectivity index (χ4n) is 8.39. The number of hydrogen-bond donors (Lipinski definition) is 0. The number of unbranched alkanes of at least 4 members (excludes halogenated alkanes) is 34. The summed E-state index contributed by atoms with van der Waals surface area (Å²) in [6.45, 7) is 6.62. The van der Waals surface area contributed by atoms with Crippen molar-refractivity contribution in [1.29, 1.82) is 0 Å². The number of esters is 3. The molecule has 1 atom stereocenters. The Morgan fingerprint density at radius 3 is 0.881 bits per heavy atom. The lowest BCUT2D eigenvalue weighted by Crippen LogP contribution is -2.30. The highest BCUT2D eigenvalue weighted by Crippen LogP contribution is 2.16. The molecule has 6 nitrogen and oxygen atoms in total. The molecule has 390 valence electrons. The minimum absolute atomic E-state index is 0.0791. The third kappa shape index (κ3) is 54.2. The van der Waals surface area contributed by atoms with E-state index in [1.54, 1.807) is 0 Å². The Morgan fingerprint density at radius 1 is 0.299 bits per heavy atom. The van der Waals surface area contributed by atoms with E-state index in [-0.39, 0.29) is 31.1 Å². The van der Waals surface area contributed by atoms with E-state index < -0.39 is 6.10 Å². The van der Waals surface area contributed by atoms with Crippen LogP contribution in [0.15, 0.2) is 48.6 Å². The van der Waals surface area contributed by atoms with Gasteiger partial charge in [0.1, 0.15) is 13.2 Å². The van der Waals surface area contributed by atoms with E-state index >= 15 is 0 Å². The molecule has 6 heteroatoms. The first-order chi connectivity index (χ1) is 33.0. The molecule has 0 aromatic rings. The topological polar surface area (TPSA) is 78.9 Å². The fourth-order valence-corrected chi connectivity index (χ4v) is 8.39. The molecule has 0 aliphatic heterocycles. The van der Waals surface area contributed by atoms with Crippen molar-refractivity contribution in [1.82, 2.24) is 0 Å². The Morgan fingerprint density at radius 2 is 0.537 bits per heavy atom. The van der Waals surface area contributed by atoms with Gasteiger partial charge in [-0.3, -0.25) is 14.4 Å². The highest BCUT2D eigenvalue weighted by molar-refractivity contribution is 5.71. The summed E-state index contributed by atoms with van der Waals surface area (Å²) in [6, 6.07) is 0. The van der Waals surface area contributed by atoms with Gasteiger partial charge in [-0.15, -0.1) is 0 Å². The minimum atomic E-state index is -0.779. The molecular formula is C61H110O6. The van der Waals surface area contributed by atoms with Gasteiger partial charge in [0.25, 0.3) is 0 Å². The maximum absolute atomic E-state index is 12.8. The summed E-state index contributed by atoms with van der Waals surface area (Å²) in [4.78, 5) is 38.1. The number of hydrogen-bond acceptors (Lipinski definition) is 6. The molecule has 0 radical (unpaired) electrons. The van der Waals surface area contributed by atoms with Crippen molar-refractivity contribution in [3.05, 3.63) is 48.6 Å². The maximum atomic E-state index is 12.8. The molecule has 0 aliphatic carbocycles. The Balaban J connectivity index is 4.34. The quantitative estimate of drug-likeness (QED) is 0.0262. The number of allylic oxidation sites excluding steroid dienone is 8. The average molecular weight is 940 g/mol. The van der Waals surface area contributed by atoms with Crippen LogP contribution in [0.1, 0.15) is 303 Å². The zero-order valence-electron chi connectivity index (χ0n) is 44.7. The second-order valence-corrected chi connectivity index (χ2v) is 19.6.